The van der Waals surface area contributed by atoms with Crippen LogP contribution in [0.2, 0.25) is 10.0 Å². The molecule has 10 nitrogen and oxygen atoms in total. The number of carbonyl (C=O) groups is 3. The summed E-state index contributed by atoms with van der Waals surface area (Å²) >= 11 is 12.6. The molecule has 0 unspecified atom stereocenters. The molecular formula is C30H35Cl2N5O5. The third kappa shape index (κ3) is 7.95. The van der Waals surface area contributed by atoms with Crippen LogP contribution in [0.25, 0.3) is 11.4 Å². The molecule has 2 heterocycles. The van der Waals surface area contributed by atoms with Gasteiger partial charge in [-0.3, -0.25) is 14.4 Å². The molecule has 224 valence electrons. The maximum atomic E-state index is 13.6. The summed E-state index contributed by atoms with van der Waals surface area (Å²) in [5, 5.41) is 6.12. The van der Waals surface area contributed by atoms with Crippen LogP contribution in [-0.2, 0) is 16.1 Å². The first-order chi connectivity index (χ1) is 20.2. The van der Waals surface area contributed by atoms with Crippen LogP contribution in [-0.4, -0.2) is 71.6 Å². The summed E-state index contributed by atoms with van der Waals surface area (Å²) in [5.41, 5.74) is 1.08. The molecular weight excluding hydrogens is 581 g/mol. The predicted octanol–water partition coefficient (Wildman–Crippen LogP) is 4.44. The van der Waals surface area contributed by atoms with E-state index in [9.17, 15) is 14.4 Å². The smallest absolute Gasteiger partial charge is 0.254 e. The fraction of sp³-hybridized carbons (Fsp3) is 0.400. The number of imidazole rings is 1. The van der Waals surface area contributed by atoms with Crippen LogP contribution >= 0.6 is 23.2 Å². The Bertz CT molecular complexity index is 1400. The van der Waals surface area contributed by atoms with Gasteiger partial charge in [0.15, 0.2) is 5.75 Å². The Labute approximate surface area is 255 Å². The van der Waals surface area contributed by atoms with Gasteiger partial charge >= 0.3 is 0 Å². The highest BCUT2D eigenvalue weighted by Crippen LogP contribution is 2.34. The summed E-state index contributed by atoms with van der Waals surface area (Å²) in [6.45, 7) is 5.02. The van der Waals surface area contributed by atoms with Crippen molar-refractivity contribution in [2.75, 3.05) is 33.4 Å². The molecule has 4 rings (SSSR count). The minimum absolute atomic E-state index is 0.143. The van der Waals surface area contributed by atoms with Crippen molar-refractivity contribution in [3.8, 4) is 22.9 Å². The molecule has 0 fully saturated rings. The number of nitrogens with one attached hydrogen (secondary N) is 2. The van der Waals surface area contributed by atoms with Gasteiger partial charge in [-0.2, -0.15) is 0 Å². The molecule has 42 heavy (non-hydrogen) atoms. The number of hydrogen-bond acceptors (Lipinski definition) is 6. The van der Waals surface area contributed by atoms with E-state index in [1.54, 1.807) is 6.20 Å². The van der Waals surface area contributed by atoms with E-state index in [2.05, 4.69) is 15.6 Å². The summed E-state index contributed by atoms with van der Waals surface area (Å²) in [7, 11) is 1.43. The number of carbonyl (C=O) groups excluding carboxylic acids is 3. The zero-order chi connectivity index (χ0) is 30.2. The number of ether oxygens (including phenoxy) is 2. The van der Waals surface area contributed by atoms with Crippen LogP contribution in [0.15, 0.2) is 48.8 Å². The highest BCUT2D eigenvalue weighted by Gasteiger charge is 2.26. The number of aromatic nitrogens is 2. The topological polar surface area (TPSA) is 115 Å². The highest BCUT2D eigenvalue weighted by atomic mass is 35.5. The van der Waals surface area contributed by atoms with E-state index in [0.717, 1.165) is 11.4 Å². The summed E-state index contributed by atoms with van der Waals surface area (Å²) in [6, 6.07) is 9.73. The lowest BCUT2D eigenvalue weighted by Gasteiger charge is -2.25. The second-order valence-corrected chi connectivity index (χ2v) is 11.2. The molecule has 1 aliphatic rings. The molecule has 2 aromatic carbocycles. The fourth-order valence-electron chi connectivity index (χ4n) is 4.77. The van der Waals surface area contributed by atoms with Crippen LogP contribution in [0.3, 0.4) is 0 Å². The Hall–Kier alpha value is -3.76. The summed E-state index contributed by atoms with van der Waals surface area (Å²) in [4.78, 5) is 45.9. The zero-order valence-corrected chi connectivity index (χ0v) is 25.4. The summed E-state index contributed by atoms with van der Waals surface area (Å²) in [5.74, 6) is 0.611. The number of fused-ring (bicyclic) bond motifs is 4. The monoisotopic (exact) mass is 615 g/mol. The van der Waals surface area contributed by atoms with Crippen molar-refractivity contribution in [3.05, 3.63) is 64.4 Å². The molecule has 3 aromatic rings. The maximum Gasteiger partial charge on any atom is 0.254 e. The molecule has 0 saturated carbocycles. The Morgan fingerprint density at radius 3 is 2.64 bits per heavy atom. The van der Waals surface area contributed by atoms with Gasteiger partial charge in [0.05, 0.1) is 30.3 Å². The van der Waals surface area contributed by atoms with Gasteiger partial charge in [-0.1, -0.05) is 49.2 Å². The maximum absolute atomic E-state index is 13.6. The average molecular weight is 617 g/mol. The molecule has 0 spiro atoms. The summed E-state index contributed by atoms with van der Waals surface area (Å²) < 4.78 is 13.2. The van der Waals surface area contributed by atoms with E-state index in [1.807, 2.05) is 48.9 Å². The van der Waals surface area contributed by atoms with Crippen molar-refractivity contribution in [1.29, 1.82) is 0 Å². The predicted molar refractivity (Wildman–Crippen MR) is 161 cm³/mol. The zero-order valence-electron chi connectivity index (χ0n) is 23.9. The Kier molecular flexibility index (Phi) is 10.7. The van der Waals surface area contributed by atoms with Crippen LogP contribution in [0.1, 0.15) is 37.0 Å². The fourth-order valence-corrected chi connectivity index (χ4v) is 5.41. The second-order valence-electron chi connectivity index (χ2n) is 10.4. The lowest BCUT2D eigenvalue weighted by atomic mass is 10.0. The van der Waals surface area contributed by atoms with Gasteiger partial charge in [0.1, 0.15) is 17.6 Å². The number of methoxy groups -OCH3 is 1. The van der Waals surface area contributed by atoms with Crippen molar-refractivity contribution in [2.24, 2.45) is 5.92 Å². The van der Waals surface area contributed by atoms with Gasteiger partial charge < -0.3 is 29.6 Å². The van der Waals surface area contributed by atoms with E-state index < -0.39 is 17.9 Å². The quantitative estimate of drug-likeness (QED) is 0.448. The first-order valence-electron chi connectivity index (χ1n) is 13.8. The Balaban J connectivity index is 1.61. The van der Waals surface area contributed by atoms with Crippen LogP contribution < -0.4 is 20.1 Å². The normalized spacial score (nSPS) is 16.9. The molecule has 0 aliphatic carbocycles. The molecule has 2 bridgehead atoms. The van der Waals surface area contributed by atoms with Crippen molar-refractivity contribution in [2.45, 2.75) is 39.3 Å². The summed E-state index contributed by atoms with van der Waals surface area (Å²) in [6.07, 6.45) is 4.44. The van der Waals surface area contributed by atoms with Gasteiger partial charge in [-0.15, -0.1) is 0 Å². The minimum atomic E-state index is -0.763. The molecule has 0 saturated heterocycles. The number of benzene rings is 2. The molecule has 1 aromatic heterocycles. The Morgan fingerprint density at radius 2 is 1.93 bits per heavy atom. The molecule has 3 amide bonds. The van der Waals surface area contributed by atoms with E-state index >= 15 is 0 Å². The number of rotatable bonds is 4. The van der Waals surface area contributed by atoms with Crippen LogP contribution in [0.4, 0.5) is 0 Å². The molecule has 1 aliphatic heterocycles. The first-order valence-corrected chi connectivity index (χ1v) is 14.6. The SMILES string of the molecule is COc1c(Cl)cc(C(=O)N2CCCOc3cccc(c3)-c3nccn3CCNC(=O)[C@@H](CC(C)C)NC(=O)C2)cc1Cl. The van der Waals surface area contributed by atoms with Crippen LogP contribution in [0.5, 0.6) is 11.5 Å². The number of hydrogen-bond donors (Lipinski definition) is 2. The molecule has 2 N–H and O–H groups in total. The van der Waals surface area contributed by atoms with Crippen LogP contribution in [0, 0.1) is 5.92 Å². The van der Waals surface area contributed by atoms with Crippen molar-refractivity contribution in [1.82, 2.24) is 25.1 Å². The second kappa shape index (κ2) is 14.4. The van der Waals surface area contributed by atoms with E-state index in [-0.39, 0.29) is 46.3 Å². The van der Waals surface area contributed by atoms with Gasteiger partial charge in [0, 0.05) is 43.2 Å². The number of amides is 3. The van der Waals surface area contributed by atoms with Gasteiger partial charge in [-0.05, 0) is 43.0 Å². The molecule has 0 radical (unpaired) electrons. The third-order valence-electron chi connectivity index (χ3n) is 6.73. The first kappa shape index (κ1) is 31.2. The van der Waals surface area contributed by atoms with E-state index in [4.69, 9.17) is 32.7 Å². The van der Waals surface area contributed by atoms with E-state index in [0.29, 0.717) is 38.3 Å². The van der Waals surface area contributed by atoms with Gasteiger partial charge in [0.2, 0.25) is 11.8 Å². The van der Waals surface area contributed by atoms with Crippen molar-refractivity contribution >= 4 is 40.9 Å². The molecule has 12 heteroatoms. The van der Waals surface area contributed by atoms with Gasteiger partial charge in [-0.25, -0.2) is 4.98 Å². The van der Waals surface area contributed by atoms with E-state index in [1.165, 1.54) is 24.1 Å². The standard InChI is InChI=1S/C30H35Cl2N5O5/c1-19(2)14-25-29(39)34-9-12-36-11-8-33-28(36)20-6-4-7-22(15-20)42-13-5-10-37(18-26(38)35-25)30(40)21-16-23(31)27(41-3)24(32)17-21/h4,6-8,11,15-17,19,25H,5,9-10,12-14,18H2,1-3H3,(H,34,39)(H,35,38)/t25-/m1/s1. The minimum Gasteiger partial charge on any atom is -0.494 e. The van der Waals surface area contributed by atoms with Gasteiger partial charge in [0.25, 0.3) is 5.91 Å². The lowest BCUT2D eigenvalue weighted by Crippen LogP contribution is -2.51. The molecule has 1 atom stereocenters. The highest BCUT2D eigenvalue weighted by molar-refractivity contribution is 6.37. The average Bonchev–Trinajstić information content (AvgIpc) is 3.41. The lowest BCUT2D eigenvalue weighted by molar-refractivity contribution is -0.129. The number of nitrogens with zero attached hydrogens (tertiary/aromatic N) is 3. The van der Waals surface area contributed by atoms with Crippen molar-refractivity contribution in [3.63, 3.8) is 0 Å². The van der Waals surface area contributed by atoms with Crippen molar-refractivity contribution < 1.29 is 23.9 Å². The third-order valence-corrected chi connectivity index (χ3v) is 7.29. The largest absolute Gasteiger partial charge is 0.494 e. The number of halogens is 2. The Morgan fingerprint density at radius 1 is 1.17 bits per heavy atom.